The minimum atomic E-state index is -3.68. The molecule has 0 N–H and O–H groups in total. The zero-order chi connectivity index (χ0) is 23.4. The number of ether oxygens (including phenoxy) is 2. The highest BCUT2D eigenvalue weighted by molar-refractivity contribution is 7.89. The number of ketones is 1. The van der Waals surface area contributed by atoms with E-state index in [0.717, 1.165) is 22.3 Å². The normalized spacial score (nSPS) is 21.2. The lowest BCUT2D eigenvalue weighted by atomic mass is 9.64. The zero-order valence-corrected chi connectivity index (χ0v) is 19.8. The van der Waals surface area contributed by atoms with Gasteiger partial charge in [-0.1, -0.05) is 29.8 Å². The largest absolute Gasteiger partial charge is 0.493 e. The SMILES string of the molecule is COc1cc2c3c(c1OC)C1(C=CC(=O)C=C1)CCC3N(S(=O)(=O)c1ccc(C)cc1)CC2. The smallest absolute Gasteiger partial charge is 0.243 e. The molecular formula is C26H27NO5S. The van der Waals surface area contributed by atoms with E-state index in [1.54, 1.807) is 42.8 Å². The number of rotatable bonds is 4. The van der Waals surface area contributed by atoms with E-state index >= 15 is 0 Å². The lowest BCUT2D eigenvalue weighted by molar-refractivity contribution is -0.110. The molecule has 2 aromatic rings. The van der Waals surface area contributed by atoms with E-state index < -0.39 is 15.4 Å². The van der Waals surface area contributed by atoms with Crippen LogP contribution in [0.4, 0.5) is 0 Å². The second-order valence-electron chi connectivity index (χ2n) is 8.90. The molecule has 5 rings (SSSR count). The number of allylic oxidation sites excluding steroid dienone is 4. The average molecular weight is 466 g/mol. The molecule has 0 radical (unpaired) electrons. The van der Waals surface area contributed by atoms with Gasteiger partial charge in [0, 0.05) is 17.5 Å². The van der Waals surface area contributed by atoms with Crippen LogP contribution in [0.15, 0.2) is 59.5 Å². The molecule has 1 aliphatic heterocycles. The van der Waals surface area contributed by atoms with Gasteiger partial charge < -0.3 is 9.47 Å². The summed E-state index contributed by atoms with van der Waals surface area (Å²) >= 11 is 0. The summed E-state index contributed by atoms with van der Waals surface area (Å²) in [4.78, 5) is 12.2. The van der Waals surface area contributed by atoms with Crippen molar-refractivity contribution in [2.45, 2.75) is 42.5 Å². The minimum Gasteiger partial charge on any atom is -0.493 e. The maximum Gasteiger partial charge on any atom is 0.243 e. The molecule has 1 heterocycles. The lowest BCUT2D eigenvalue weighted by Gasteiger charge is -2.46. The van der Waals surface area contributed by atoms with Gasteiger partial charge in [0.25, 0.3) is 0 Å². The Balaban J connectivity index is 1.71. The van der Waals surface area contributed by atoms with Gasteiger partial charge in [0.15, 0.2) is 17.3 Å². The zero-order valence-electron chi connectivity index (χ0n) is 19.0. The summed E-state index contributed by atoms with van der Waals surface area (Å²) in [7, 11) is -0.472. The van der Waals surface area contributed by atoms with Crippen molar-refractivity contribution < 1.29 is 22.7 Å². The standard InChI is InChI=1S/C26H27NO5S/c1-17-4-6-20(7-5-17)33(29,30)27-15-11-18-16-22(31-2)25(32-3)24-23(18)21(27)10-14-26(24)12-8-19(28)9-13-26/h4-9,12-13,16,21H,10-11,14-15H2,1-3H3. The van der Waals surface area contributed by atoms with Gasteiger partial charge >= 0.3 is 0 Å². The molecule has 0 fully saturated rings. The van der Waals surface area contributed by atoms with Crippen molar-refractivity contribution in [2.75, 3.05) is 20.8 Å². The fraction of sp³-hybridized carbons (Fsp3) is 0.346. The van der Waals surface area contributed by atoms with Crippen molar-refractivity contribution in [3.8, 4) is 11.5 Å². The van der Waals surface area contributed by atoms with Crippen molar-refractivity contribution in [2.24, 2.45) is 0 Å². The molecule has 1 spiro atoms. The molecule has 0 saturated heterocycles. The maximum absolute atomic E-state index is 13.7. The Hall–Kier alpha value is -2.90. The molecule has 33 heavy (non-hydrogen) atoms. The first-order valence-corrected chi connectivity index (χ1v) is 12.5. The van der Waals surface area contributed by atoms with Crippen LogP contribution in [-0.2, 0) is 26.7 Å². The molecule has 1 unspecified atom stereocenters. The Morgan fingerprint density at radius 2 is 1.76 bits per heavy atom. The number of carbonyl (C=O) groups is 1. The number of benzene rings is 2. The van der Waals surface area contributed by atoms with E-state index in [-0.39, 0.29) is 11.8 Å². The lowest BCUT2D eigenvalue weighted by Crippen LogP contribution is -2.45. The van der Waals surface area contributed by atoms with Crippen molar-refractivity contribution in [1.82, 2.24) is 4.31 Å². The third kappa shape index (κ3) is 3.33. The second kappa shape index (κ2) is 7.85. The third-order valence-corrected chi connectivity index (χ3v) is 9.01. The van der Waals surface area contributed by atoms with Crippen molar-refractivity contribution >= 4 is 15.8 Å². The van der Waals surface area contributed by atoms with Crippen LogP contribution in [0.1, 0.15) is 41.1 Å². The first-order chi connectivity index (χ1) is 15.8. The number of nitrogens with zero attached hydrogens (tertiary/aromatic N) is 1. The molecule has 7 heteroatoms. The van der Waals surface area contributed by atoms with Crippen LogP contribution in [-0.4, -0.2) is 39.3 Å². The van der Waals surface area contributed by atoms with E-state index in [4.69, 9.17) is 9.47 Å². The Bertz CT molecular complexity index is 1270. The van der Waals surface area contributed by atoms with Crippen LogP contribution in [0.25, 0.3) is 0 Å². The number of methoxy groups -OCH3 is 2. The van der Waals surface area contributed by atoms with Crippen molar-refractivity contribution in [1.29, 1.82) is 0 Å². The fourth-order valence-electron chi connectivity index (χ4n) is 5.47. The molecule has 0 bridgehead atoms. The predicted octanol–water partition coefficient (Wildman–Crippen LogP) is 4.03. The van der Waals surface area contributed by atoms with Crippen LogP contribution in [0.3, 0.4) is 0 Å². The van der Waals surface area contributed by atoms with Gasteiger partial charge in [-0.15, -0.1) is 0 Å². The summed E-state index contributed by atoms with van der Waals surface area (Å²) < 4.78 is 40.5. The Morgan fingerprint density at radius 3 is 2.39 bits per heavy atom. The van der Waals surface area contributed by atoms with Gasteiger partial charge in [-0.05, 0) is 67.7 Å². The van der Waals surface area contributed by atoms with Gasteiger partial charge in [0.2, 0.25) is 10.0 Å². The van der Waals surface area contributed by atoms with E-state index in [9.17, 15) is 13.2 Å². The Kier molecular flexibility index (Phi) is 5.21. The minimum absolute atomic E-state index is 0.0537. The molecule has 6 nitrogen and oxygen atoms in total. The van der Waals surface area contributed by atoms with Crippen molar-refractivity contribution in [3.63, 3.8) is 0 Å². The van der Waals surface area contributed by atoms with Crippen LogP contribution >= 0.6 is 0 Å². The summed E-state index contributed by atoms with van der Waals surface area (Å²) in [5.74, 6) is 1.17. The van der Waals surface area contributed by atoms with Crippen LogP contribution < -0.4 is 9.47 Å². The molecule has 2 aliphatic carbocycles. The molecule has 0 saturated carbocycles. The van der Waals surface area contributed by atoms with Gasteiger partial charge in [0.05, 0.1) is 25.2 Å². The Labute approximate surface area is 194 Å². The highest BCUT2D eigenvalue weighted by atomic mass is 32.2. The molecule has 0 amide bonds. The number of aryl methyl sites for hydroxylation is 1. The fourth-order valence-corrected chi connectivity index (χ4v) is 7.10. The highest BCUT2D eigenvalue weighted by Crippen LogP contribution is 2.56. The summed E-state index contributed by atoms with van der Waals surface area (Å²) in [5, 5.41) is 0. The van der Waals surface area contributed by atoms with Crippen LogP contribution in [0.5, 0.6) is 11.5 Å². The monoisotopic (exact) mass is 465 g/mol. The molecule has 2 aromatic carbocycles. The first kappa shape index (κ1) is 21.9. The predicted molar refractivity (Wildman–Crippen MR) is 125 cm³/mol. The molecule has 1 atom stereocenters. The number of sulfonamides is 1. The molecule has 172 valence electrons. The van der Waals surface area contributed by atoms with Gasteiger partial charge in [-0.3, -0.25) is 4.79 Å². The summed E-state index contributed by atoms with van der Waals surface area (Å²) in [6.45, 7) is 2.34. The average Bonchev–Trinajstić information content (AvgIpc) is 2.82. The number of fused-ring (bicyclic) bond motifs is 1. The van der Waals surface area contributed by atoms with Gasteiger partial charge in [0.1, 0.15) is 0 Å². The number of hydrogen-bond donors (Lipinski definition) is 0. The third-order valence-electron chi connectivity index (χ3n) is 7.09. The van der Waals surface area contributed by atoms with E-state index in [1.807, 2.05) is 37.3 Å². The topological polar surface area (TPSA) is 72.9 Å². The molecule has 0 aromatic heterocycles. The summed E-state index contributed by atoms with van der Waals surface area (Å²) in [6.07, 6.45) is 8.92. The Morgan fingerprint density at radius 1 is 1.06 bits per heavy atom. The van der Waals surface area contributed by atoms with E-state index in [1.165, 1.54) is 0 Å². The molecule has 3 aliphatic rings. The van der Waals surface area contributed by atoms with E-state index in [2.05, 4.69) is 0 Å². The quantitative estimate of drug-likeness (QED) is 0.682. The van der Waals surface area contributed by atoms with E-state index in [0.29, 0.717) is 42.2 Å². The summed E-state index contributed by atoms with van der Waals surface area (Å²) in [6, 6.07) is 8.68. The number of hydrogen-bond acceptors (Lipinski definition) is 5. The maximum atomic E-state index is 13.7. The van der Waals surface area contributed by atoms with Gasteiger partial charge in [-0.2, -0.15) is 4.31 Å². The van der Waals surface area contributed by atoms with Gasteiger partial charge in [-0.25, -0.2) is 8.42 Å². The van der Waals surface area contributed by atoms with Crippen LogP contribution in [0, 0.1) is 6.92 Å². The number of carbonyl (C=O) groups excluding carboxylic acids is 1. The highest BCUT2D eigenvalue weighted by Gasteiger charge is 2.48. The van der Waals surface area contributed by atoms with Crippen molar-refractivity contribution in [3.05, 3.63) is 76.9 Å². The summed E-state index contributed by atoms with van der Waals surface area (Å²) in [5.41, 5.74) is 3.43. The molecular weight excluding hydrogens is 438 g/mol. The first-order valence-electron chi connectivity index (χ1n) is 11.1. The second-order valence-corrected chi connectivity index (χ2v) is 10.8. The van der Waals surface area contributed by atoms with Crippen LogP contribution in [0.2, 0.25) is 0 Å².